The molecule has 0 aliphatic carbocycles. The van der Waals surface area contributed by atoms with Gasteiger partial charge in [-0.3, -0.25) is 0 Å². The van der Waals surface area contributed by atoms with Crippen molar-refractivity contribution in [3.05, 3.63) is 157 Å². The maximum atomic E-state index is 3.74. The molecular formula is C41H32N2S. The molecule has 1 atom stereocenters. The first kappa shape index (κ1) is 27.7. The lowest BCUT2D eigenvalue weighted by Gasteiger charge is -2.17. The molecule has 0 radical (unpaired) electrons. The fourth-order valence-electron chi connectivity index (χ4n) is 5.78. The van der Waals surface area contributed by atoms with E-state index in [0.29, 0.717) is 0 Å². The van der Waals surface area contributed by atoms with E-state index in [-0.39, 0.29) is 6.04 Å². The van der Waals surface area contributed by atoms with Crippen molar-refractivity contribution >= 4 is 42.9 Å². The van der Waals surface area contributed by atoms with Gasteiger partial charge in [0.1, 0.15) is 0 Å². The molecule has 1 aromatic heterocycles. The smallest absolute Gasteiger partial charge is 0.0944 e. The van der Waals surface area contributed by atoms with Gasteiger partial charge in [-0.25, -0.2) is 0 Å². The third kappa shape index (κ3) is 5.74. The Kier molecular flexibility index (Phi) is 7.93. The van der Waals surface area contributed by atoms with Crippen LogP contribution >= 0.6 is 11.3 Å². The molecule has 6 aromatic carbocycles. The largest absolute Gasteiger partial charge is 0.355 e. The van der Waals surface area contributed by atoms with Crippen LogP contribution in [0.25, 0.3) is 42.4 Å². The minimum absolute atomic E-state index is 0.0572. The van der Waals surface area contributed by atoms with E-state index in [9.17, 15) is 0 Å². The van der Waals surface area contributed by atoms with E-state index in [1.807, 2.05) is 24.5 Å². The monoisotopic (exact) mass is 584 g/mol. The molecule has 7 aromatic rings. The van der Waals surface area contributed by atoms with Crippen molar-refractivity contribution in [2.75, 3.05) is 12.4 Å². The summed E-state index contributed by atoms with van der Waals surface area (Å²) < 4.78 is 2.65. The van der Waals surface area contributed by atoms with Crippen LogP contribution in [0.4, 0.5) is 11.4 Å². The Morgan fingerprint density at radius 2 is 1.39 bits per heavy atom. The molecule has 0 spiro atoms. The summed E-state index contributed by atoms with van der Waals surface area (Å²) in [7, 11) is 1.96. The first-order chi connectivity index (χ1) is 21.8. The van der Waals surface area contributed by atoms with Gasteiger partial charge in [-0.1, -0.05) is 127 Å². The number of nitrogens with one attached hydrogen (secondary N) is 2. The summed E-state index contributed by atoms with van der Waals surface area (Å²) in [5.74, 6) is 6.79. The van der Waals surface area contributed by atoms with Crippen LogP contribution in [0.5, 0.6) is 0 Å². The predicted octanol–water partition coefficient (Wildman–Crippen LogP) is 10.6. The average molecular weight is 585 g/mol. The number of hydrogen-bond acceptors (Lipinski definition) is 3. The number of rotatable bonds is 7. The van der Waals surface area contributed by atoms with Gasteiger partial charge in [0, 0.05) is 43.5 Å². The average Bonchev–Trinajstić information content (AvgIpc) is 3.47. The molecule has 0 bridgehead atoms. The molecule has 212 valence electrons. The second kappa shape index (κ2) is 12.6. The summed E-state index contributed by atoms with van der Waals surface area (Å²) in [6.07, 6.45) is 0.735. The van der Waals surface area contributed by atoms with Crippen LogP contribution in [0, 0.1) is 11.8 Å². The molecule has 0 saturated carbocycles. The molecule has 0 fully saturated rings. The minimum atomic E-state index is -0.0572. The highest BCUT2D eigenvalue weighted by Gasteiger charge is 2.14. The third-order valence-electron chi connectivity index (χ3n) is 7.99. The molecule has 1 unspecified atom stereocenters. The first-order valence-corrected chi connectivity index (χ1v) is 15.8. The number of hydrogen-bond donors (Lipinski definition) is 2. The maximum Gasteiger partial charge on any atom is 0.0944 e. The lowest BCUT2D eigenvalue weighted by Crippen LogP contribution is -2.14. The Bertz CT molecular complexity index is 2120. The van der Waals surface area contributed by atoms with Crippen LogP contribution in [-0.4, -0.2) is 7.05 Å². The number of benzene rings is 6. The Morgan fingerprint density at radius 3 is 2.23 bits per heavy atom. The summed E-state index contributed by atoms with van der Waals surface area (Å²) in [5, 5.41) is 9.75. The van der Waals surface area contributed by atoms with Gasteiger partial charge in [-0.05, 0) is 65.2 Å². The molecule has 1 heterocycles. The summed E-state index contributed by atoms with van der Waals surface area (Å²) in [5.41, 5.74) is 9.28. The Morgan fingerprint density at radius 1 is 0.636 bits per heavy atom. The van der Waals surface area contributed by atoms with Crippen molar-refractivity contribution < 1.29 is 0 Å². The van der Waals surface area contributed by atoms with Crippen molar-refractivity contribution in [2.24, 2.45) is 0 Å². The normalized spacial score (nSPS) is 11.7. The van der Waals surface area contributed by atoms with Crippen LogP contribution in [-0.2, 0) is 6.42 Å². The first-order valence-electron chi connectivity index (χ1n) is 14.9. The van der Waals surface area contributed by atoms with Gasteiger partial charge >= 0.3 is 0 Å². The number of anilines is 2. The molecule has 0 saturated heterocycles. The highest BCUT2D eigenvalue weighted by molar-refractivity contribution is 7.26. The third-order valence-corrected chi connectivity index (χ3v) is 9.21. The van der Waals surface area contributed by atoms with Gasteiger partial charge in [0.05, 0.1) is 6.04 Å². The SMILES string of the molecule is CNC(C#CCc1ccccc1)c1cccc(Nc2ccc(-c3cccc4c3sc3ccccc34)cc2-c2ccccc2)c1. The second-order valence-electron chi connectivity index (χ2n) is 10.9. The Balaban J connectivity index is 1.23. The van der Waals surface area contributed by atoms with Crippen molar-refractivity contribution in [1.82, 2.24) is 5.32 Å². The van der Waals surface area contributed by atoms with E-state index >= 15 is 0 Å². The zero-order valence-corrected chi connectivity index (χ0v) is 25.4. The highest BCUT2D eigenvalue weighted by Crippen LogP contribution is 2.42. The molecule has 2 N–H and O–H groups in total. The van der Waals surface area contributed by atoms with E-state index in [1.54, 1.807) is 0 Å². The van der Waals surface area contributed by atoms with Crippen LogP contribution in [0.1, 0.15) is 17.2 Å². The molecule has 7 rings (SSSR count). The van der Waals surface area contributed by atoms with E-state index in [2.05, 4.69) is 162 Å². The van der Waals surface area contributed by atoms with Gasteiger partial charge in [-0.2, -0.15) is 0 Å². The zero-order valence-electron chi connectivity index (χ0n) is 24.5. The minimum Gasteiger partial charge on any atom is -0.355 e. The molecule has 0 aliphatic heterocycles. The summed E-state index contributed by atoms with van der Waals surface area (Å²) in [4.78, 5) is 0. The van der Waals surface area contributed by atoms with E-state index in [4.69, 9.17) is 0 Å². The fraction of sp³-hybridized carbons (Fsp3) is 0.0732. The Labute approximate surface area is 263 Å². The van der Waals surface area contributed by atoms with E-state index in [0.717, 1.165) is 23.4 Å². The molecule has 3 heteroatoms. The van der Waals surface area contributed by atoms with Gasteiger partial charge < -0.3 is 10.6 Å². The Hall–Kier alpha value is -5.14. The van der Waals surface area contributed by atoms with Crippen LogP contribution < -0.4 is 10.6 Å². The second-order valence-corrected chi connectivity index (χ2v) is 11.9. The molecular weight excluding hydrogens is 553 g/mol. The summed E-state index contributed by atoms with van der Waals surface area (Å²) in [6, 6.07) is 51.6. The molecule has 0 aliphatic rings. The summed E-state index contributed by atoms with van der Waals surface area (Å²) in [6.45, 7) is 0. The number of thiophene rings is 1. The van der Waals surface area contributed by atoms with Gasteiger partial charge in [0.2, 0.25) is 0 Å². The standard InChI is InChI=1S/C41H32N2S/c1-42-38(23-10-15-29-13-4-2-5-14-29)32-18-11-19-33(27-32)43-39-26-25-31(28-37(39)30-16-6-3-7-17-30)34-21-12-22-36-35-20-8-9-24-40(35)44-41(34)36/h2-9,11-14,16-22,24-28,38,42-43H,15H2,1H3. The number of fused-ring (bicyclic) bond motifs is 3. The highest BCUT2D eigenvalue weighted by atomic mass is 32.1. The summed E-state index contributed by atoms with van der Waals surface area (Å²) >= 11 is 1.87. The van der Waals surface area contributed by atoms with E-state index < -0.39 is 0 Å². The zero-order chi connectivity index (χ0) is 29.7. The molecule has 44 heavy (non-hydrogen) atoms. The lowest BCUT2D eigenvalue weighted by molar-refractivity contribution is 0.735. The van der Waals surface area contributed by atoms with Gasteiger partial charge in [0.25, 0.3) is 0 Å². The van der Waals surface area contributed by atoms with E-state index in [1.165, 1.54) is 48.0 Å². The van der Waals surface area contributed by atoms with Gasteiger partial charge in [-0.15, -0.1) is 11.3 Å². The predicted molar refractivity (Wildman–Crippen MR) is 190 cm³/mol. The quantitative estimate of drug-likeness (QED) is 0.182. The van der Waals surface area contributed by atoms with Crippen molar-refractivity contribution in [1.29, 1.82) is 0 Å². The van der Waals surface area contributed by atoms with Crippen molar-refractivity contribution in [3.8, 4) is 34.1 Å². The van der Waals surface area contributed by atoms with Crippen molar-refractivity contribution in [3.63, 3.8) is 0 Å². The topological polar surface area (TPSA) is 24.1 Å². The molecule has 2 nitrogen and oxygen atoms in total. The van der Waals surface area contributed by atoms with Crippen LogP contribution in [0.2, 0.25) is 0 Å². The molecule has 0 amide bonds. The van der Waals surface area contributed by atoms with Crippen LogP contribution in [0.15, 0.2) is 146 Å². The van der Waals surface area contributed by atoms with Gasteiger partial charge in [0.15, 0.2) is 0 Å². The fourth-order valence-corrected chi connectivity index (χ4v) is 7.01. The lowest BCUT2D eigenvalue weighted by atomic mass is 9.96. The van der Waals surface area contributed by atoms with Crippen molar-refractivity contribution in [2.45, 2.75) is 12.5 Å². The van der Waals surface area contributed by atoms with Crippen LogP contribution in [0.3, 0.4) is 0 Å². The maximum absolute atomic E-state index is 3.74.